The minimum absolute atomic E-state index is 0.0969. The maximum Gasteiger partial charge on any atom is 0.341 e. The van der Waals surface area contributed by atoms with E-state index in [0.29, 0.717) is 5.56 Å². The molecule has 0 amide bonds. The molecule has 0 bridgehead atoms. The van der Waals surface area contributed by atoms with E-state index in [0.717, 1.165) is 0 Å². The first kappa shape index (κ1) is 9.54. The van der Waals surface area contributed by atoms with E-state index < -0.39 is 5.97 Å². The highest BCUT2D eigenvalue weighted by molar-refractivity contribution is 5.92. The first-order valence-electron chi connectivity index (χ1n) is 3.70. The average molecular weight is 182 g/mol. The Kier molecular flexibility index (Phi) is 2.87. The number of rotatable bonds is 2. The van der Waals surface area contributed by atoms with Gasteiger partial charge < -0.3 is 14.9 Å². The van der Waals surface area contributed by atoms with Crippen LogP contribution in [0.15, 0.2) is 18.2 Å². The predicted octanol–water partition coefficient (Wildman–Crippen LogP) is 0.671. The van der Waals surface area contributed by atoms with Crippen molar-refractivity contribution in [2.75, 3.05) is 7.11 Å². The van der Waals surface area contributed by atoms with Crippen molar-refractivity contribution < 1.29 is 19.7 Å². The molecule has 1 aromatic rings. The highest BCUT2D eigenvalue weighted by atomic mass is 16.5. The summed E-state index contributed by atoms with van der Waals surface area (Å²) in [6, 6.07) is 4.28. The third kappa shape index (κ3) is 1.97. The minimum atomic E-state index is -0.595. The van der Waals surface area contributed by atoms with E-state index in [1.54, 1.807) is 6.07 Å². The molecule has 0 unspecified atom stereocenters. The number of methoxy groups -OCH3 is 1. The predicted molar refractivity (Wildman–Crippen MR) is 45.4 cm³/mol. The van der Waals surface area contributed by atoms with Gasteiger partial charge in [-0.15, -0.1) is 0 Å². The number of aliphatic hydroxyl groups excluding tert-OH is 1. The highest BCUT2D eigenvalue weighted by Crippen LogP contribution is 2.19. The molecule has 1 aromatic carbocycles. The summed E-state index contributed by atoms with van der Waals surface area (Å²) >= 11 is 0. The fourth-order valence-electron chi connectivity index (χ4n) is 0.958. The van der Waals surface area contributed by atoms with E-state index in [-0.39, 0.29) is 17.9 Å². The molecule has 0 aliphatic rings. The number of carbonyl (C=O) groups is 1. The molecule has 0 spiro atoms. The van der Waals surface area contributed by atoms with E-state index in [4.69, 9.17) is 5.11 Å². The third-order valence-electron chi connectivity index (χ3n) is 1.65. The second kappa shape index (κ2) is 3.91. The van der Waals surface area contributed by atoms with Crippen molar-refractivity contribution in [3.8, 4) is 5.75 Å². The van der Waals surface area contributed by atoms with Crippen LogP contribution in [0.5, 0.6) is 5.75 Å². The molecule has 0 aliphatic carbocycles. The highest BCUT2D eigenvalue weighted by Gasteiger charge is 2.10. The number of carbonyl (C=O) groups excluding carboxylic acids is 1. The topological polar surface area (TPSA) is 66.8 Å². The molecule has 0 radical (unpaired) electrons. The zero-order valence-corrected chi connectivity index (χ0v) is 7.15. The molecular weight excluding hydrogens is 172 g/mol. The minimum Gasteiger partial charge on any atom is -0.507 e. The fraction of sp³-hybridized carbons (Fsp3) is 0.222. The molecule has 70 valence electrons. The standard InChI is InChI=1S/C9H10O4/c1-13-9(12)7-3-2-6(5-10)4-8(7)11/h2-4,10-11H,5H2,1H3. The number of hydrogen-bond acceptors (Lipinski definition) is 4. The summed E-state index contributed by atoms with van der Waals surface area (Å²) in [5.74, 6) is -0.777. The van der Waals surface area contributed by atoms with Gasteiger partial charge in [0.25, 0.3) is 0 Å². The molecule has 4 heteroatoms. The van der Waals surface area contributed by atoms with Crippen molar-refractivity contribution in [3.63, 3.8) is 0 Å². The van der Waals surface area contributed by atoms with E-state index in [1.165, 1.54) is 19.2 Å². The summed E-state index contributed by atoms with van der Waals surface area (Å²) in [6.07, 6.45) is 0. The van der Waals surface area contributed by atoms with Crippen LogP contribution in [0.25, 0.3) is 0 Å². The molecule has 0 fully saturated rings. The number of phenols is 1. The Labute approximate surface area is 75.4 Å². The number of esters is 1. The van der Waals surface area contributed by atoms with Gasteiger partial charge in [0.2, 0.25) is 0 Å². The van der Waals surface area contributed by atoms with E-state index in [2.05, 4.69) is 4.74 Å². The number of ether oxygens (including phenoxy) is 1. The van der Waals surface area contributed by atoms with Crippen LogP contribution in [0.1, 0.15) is 15.9 Å². The van der Waals surface area contributed by atoms with Crippen LogP contribution in [0.3, 0.4) is 0 Å². The van der Waals surface area contributed by atoms with Gasteiger partial charge in [0.15, 0.2) is 0 Å². The maximum absolute atomic E-state index is 11.0. The van der Waals surface area contributed by atoms with Crippen LogP contribution < -0.4 is 0 Å². The zero-order valence-electron chi connectivity index (χ0n) is 7.15. The number of hydrogen-bond donors (Lipinski definition) is 2. The van der Waals surface area contributed by atoms with Gasteiger partial charge in [-0.25, -0.2) is 4.79 Å². The van der Waals surface area contributed by atoms with Gasteiger partial charge in [-0.2, -0.15) is 0 Å². The maximum atomic E-state index is 11.0. The first-order valence-corrected chi connectivity index (χ1v) is 3.70. The molecule has 0 heterocycles. The second-order valence-electron chi connectivity index (χ2n) is 2.50. The molecule has 0 saturated heterocycles. The van der Waals surface area contributed by atoms with Crippen LogP contribution in [0.2, 0.25) is 0 Å². The van der Waals surface area contributed by atoms with Gasteiger partial charge in [0.05, 0.1) is 13.7 Å². The Balaban J connectivity index is 3.05. The van der Waals surface area contributed by atoms with Crippen LogP contribution in [-0.2, 0) is 11.3 Å². The summed E-state index contributed by atoms with van der Waals surface area (Å²) in [7, 11) is 1.24. The lowest BCUT2D eigenvalue weighted by Crippen LogP contribution is -2.01. The van der Waals surface area contributed by atoms with Crippen LogP contribution in [0.4, 0.5) is 0 Å². The van der Waals surface area contributed by atoms with Crippen molar-refractivity contribution in [1.29, 1.82) is 0 Å². The van der Waals surface area contributed by atoms with Crippen LogP contribution >= 0.6 is 0 Å². The van der Waals surface area contributed by atoms with Crippen molar-refractivity contribution in [2.24, 2.45) is 0 Å². The van der Waals surface area contributed by atoms with E-state index in [1.807, 2.05) is 0 Å². The van der Waals surface area contributed by atoms with Gasteiger partial charge in [-0.3, -0.25) is 0 Å². The molecule has 1 rings (SSSR count). The summed E-state index contributed by atoms with van der Waals surface area (Å²) in [6.45, 7) is -0.172. The Morgan fingerprint density at radius 2 is 2.23 bits per heavy atom. The lowest BCUT2D eigenvalue weighted by Gasteiger charge is -2.03. The average Bonchev–Trinajstić information content (AvgIpc) is 2.16. The Hall–Kier alpha value is -1.55. The monoisotopic (exact) mass is 182 g/mol. The fourth-order valence-corrected chi connectivity index (χ4v) is 0.958. The Bertz CT molecular complexity index is 319. The van der Waals surface area contributed by atoms with E-state index in [9.17, 15) is 9.90 Å². The van der Waals surface area contributed by atoms with Gasteiger partial charge in [-0.05, 0) is 17.7 Å². The largest absolute Gasteiger partial charge is 0.507 e. The number of benzene rings is 1. The number of aliphatic hydroxyl groups is 1. The summed E-state index contributed by atoms with van der Waals surface area (Å²) in [5, 5.41) is 18.0. The SMILES string of the molecule is COC(=O)c1ccc(CO)cc1O. The molecule has 0 aliphatic heterocycles. The van der Waals surface area contributed by atoms with Gasteiger partial charge in [-0.1, -0.05) is 6.07 Å². The van der Waals surface area contributed by atoms with Gasteiger partial charge >= 0.3 is 5.97 Å². The molecule has 2 N–H and O–H groups in total. The van der Waals surface area contributed by atoms with Crippen LogP contribution in [0, 0.1) is 0 Å². The lowest BCUT2D eigenvalue weighted by atomic mass is 10.1. The Morgan fingerprint density at radius 3 is 2.69 bits per heavy atom. The van der Waals surface area contributed by atoms with Gasteiger partial charge in [0, 0.05) is 0 Å². The third-order valence-corrected chi connectivity index (χ3v) is 1.65. The number of aromatic hydroxyl groups is 1. The number of phenolic OH excluding ortho intramolecular Hbond substituents is 1. The zero-order chi connectivity index (χ0) is 9.84. The normalized spacial score (nSPS) is 9.69. The molecule has 0 aromatic heterocycles. The Morgan fingerprint density at radius 1 is 1.54 bits per heavy atom. The van der Waals surface area contributed by atoms with Crippen molar-refractivity contribution in [3.05, 3.63) is 29.3 Å². The molecule has 0 atom stereocenters. The quantitative estimate of drug-likeness (QED) is 0.660. The molecule has 4 nitrogen and oxygen atoms in total. The lowest BCUT2D eigenvalue weighted by molar-refractivity contribution is 0.0597. The molecule has 13 heavy (non-hydrogen) atoms. The summed E-state index contributed by atoms with van der Waals surface area (Å²) < 4.78 is 4.43. The second-order valence-corrected chi connectivity index (χ2v) is 2.50. The first-order chi connectivity index (χ1) is 6.19. The van der Waals surface area contributed by atoms with Crippen molar-refractivity contribution >= 4 is 5.97 Å². The van der Waals surface area contributed by atoms with Gasteiger partial charge in [0.1, 0.15) is 11.3 Å². The molecule has 0 saturated carbocycles. The summed E-state index contributed by atoms with van der Waals surface area (Å²) in [4.78, 5) is 11.0. The molecular formula is C9H10O4. The van der Waals surface area contributed by atoms with Crippen LogP contribution in [-0.4, -0.2) is 23.3 Å². The van der Waals surface area contributed by atoms with Crippen molar-refractivity contribution in [1.82, 2.24) is 0 Å². The van der Waals surface area contributed by atoms with E-state index >= 15 is 0 Å². The smallest absolute Gasteiger partial charge is 0.341 e. The summed E-state index contributed by atoms with van der Waals surface area (Å²) in [5.41, 5.74) is 0.643. The van der Waals surface area contributed by atoms with Crippen molar-refractivity contribution in [2.45, 2.75) is 6.61 Å².